The molecule has 0 N–H and O–H groups in total. The van der Waals surface area contributed by atoms with Crippen molar-refractivity contribution in [3.8, 4) is 17.0 Å². The van der Waals surface area contributed by atoms with E-state index in [1.54, 1.807) is 0 Å². The van der Waals surface area contributed by atoms with Gasteiger partial charge in [0.1, 0.15) is 0 Å². The highest BCUT2D eigenvalue weighted by atomic mass is 79.9. The molecule has 0 aliphatic rings. The molecule has 0 unspecified atom stereocenters. The van der Waals surface area contributed by atoms with Crippen LogP contribution in [0, 0.1) is 0 Å². The van der Waals surface area contributed by atoms with E-state index in [0.717, 1.165) is 16.9 Å². The summed E-state index contributed by atoms with van der Waals surface area (Å²) < 4.78 is 10.9. The Labute approximate surface area is 125 Å². The number of rotatable bonds is 4. The van der Waals surface area contributed by atoms with Crippen molar-refractivity contribution >= 4 is 26.7 Å². The van der Waals surface area contributed by atoms with Crippen LogP contribution < -0.4 is 4.74 Å². The summed E-state index contributed by atoms with van der Waals surface area (Å²) in [6, 6.07) is 14.6. The molecule has 3 rings (SSSR count). The smallest absolute Gasteiger partial charge is 0.262 e. The van der Waals surface area contributed by atoms with Gasteiger partial charge >= 0.3 is 0 Å². The number of hydrogen-bond donors (Lipinski definition) is 0. The lowest BCUT2D eigenvalue weighted by Crippen LogP contribution is -1.94. The summed E-state index contributed by atoms with van der Waals surface area (Å²) in [6.45, 7) is 2.50. The lowest BCUT2D eigenvalue weighted by atomic mass is 10.0. The molecule has 3 nitrogen and oxygen atoms in total. The highest BCUT2D eigenvalue weighted by molar-refractivity contribution is 9.08. The van der Waals surface area contributed by atoms with Crippen molar-refractivity contribution in [1.29, 1.82) is 0 Å². The predicted octanol–water partition coefficient (Wildman–Crippen LogP) is 4.79. The molecule has 0 saturated carbocycles. The third-order valence-electron chi connectivity index (χ3n) is 3.17. The number of ether oxygens (including phenoxy) is 1. The molecule has 3 aromatic rings. The van der Waals surface area contributed by atoms with Gasteiger partial charge in [-0.15, -0.1) is 0 Å². The van der Waals surface area contributed by atoms with Crippen molar-refractivity contribution in [1.82, 2.24) is 5.16 Å². The van der Waals surface area contributed by atoms with Crippen molar-refractivity contribution in [3.63, 3.8) is 0 Å². The SMILES string of the molecule is CCOc1noc(CBr)c1-c1ccc2ccccc2c1. The predicted molar refractivity (Wildman–Crippen MR) is 83.2 cm³/mol. The van der Waals surface area contributed by atoms with Crippen LogP contribution in [0.3, 0.4) is 0 Å². The number of nitrogens with zero attached hydrogens (tertiary/aromatic N) is 1. The van der Waals surface area contributed by atoms with Crippen molar-refractivity contribution in [2.75, 3.05) is 6.61 Å². The topological polar surface area (TPSA) is 35.3 Å². The zero-order chi connectivity index (χ0) is 13.9. The van der Waals surface area contributed by atoms with Crippen LogP contribution in [-0.2, 0) is 5.33 Å². The highest BCUT2D eigenvalue weighted by Gasteiger charge is 2.18. The van der Waals surface area contributed by atoms with E-state index in [4.69, 9.17) is 9.26 Å². The minimum absolute atomic E-state index is 0.553. The summed E-state index contributed by atoms with van der Waals surface area (Å²) in [7, 11) is 0. The Kier molecular flexibility index (Phi) is 3.74. The molecule has 0 amide bonds. The van der Waals surface area contributed by atoms with E-state index < -0.39 is 0 Å². The van der Waals surface area contributed by atoms with Gasteiger partial charge in [-0.1, -0.05) is 52.3 Å². The van der Waals surface area contributed by atoms with E-state index in [1.165, 1.54) is 10.8 Å². The third-order valence-corrected chi connectivity index (χ3v) is 3.68. The van der Waals surface area contributed by atoms with Crippen LogP contribution in [-0.4, -0.2) is 11.8 Å². The number of alkyl halides is 1. The Morgan fingerprint density at radius 1 is 1.15 bits per heavy atom. The molecular weight excluding hydrogens is 318 g/mol. The fourth-order valence-electron chi connectivity index (χ4n) is 2.26. The lowest BCUT2D eigenvalue weighted by Gasteiger charge is -2.05. The van der Waals surface area contributed by atoms with Crippen LogP contribution in [0.25, 0.3) is 21.9 Å². The van der Waals surface area contributed by atoms with Gasteiger partial charge in [-0.3, -0.25) is 0 Å². The first-order valence-electron chi connectivity index (χ1n) is 6.50. The fraction of sp³-hybridized carbons (Fsp3) is 0.188. The number of fused-ring (bicyclic) bond motifs is 1. The van der Waals surface area contributed by atoms with Gasteiger partial charge in [0.2, 0.25) is 0 Å². The maximum Gasteiger partial charge on any atom is 0.262 e. The molecule has 0 saturated heterocycles. The summed E-state index contributed by atoms with van der Waals surface area (Å²) in [6.07, 6.45) is 0. The molecule has 0 atom stereocenters. The molecular formula is C16H14BrNO2. The zero-order valence-corrected chi connectivity index (χ0v) is 12.7. The molecule has 102 valence electrons. The lowest BCUT2D eigenvalue weighted by molar-refractivity contribution is 0.291. The highest BCUT2D eigenvalue weighted by Crippen LogP contribution is 2.35. The van der Waals surface area contributed by atoms with Crippen LogP contribution in [0.5, 0.6) is 5.88 Å². The van der Waals surface area contributed by atoms with Gasteiger partial charge in [0.05, 0.1) is 17.5 Å². The first-order valence-corrected chi connectivity index (χ1v) is 7.62. The Bertz CT molecular complexity index is 736. The Balaban J connectivity index is 2.16. The second-order valence-corrected chi connectivity index (χ2v) is 4.98. The second-order valence-electron chi connectivity index (χ2n) is 4.41. The Morgan fingerprint density at radius 3 is 2.70 bits per heavy atom. The molecule has 4 heteroatoms. The van der Waals surface area contributed by atoms with Gasteiger partial charge in [-0.25, -0.2) is 0 Å². The molecule has 2 aromatic carbocycles. The summed E-state index contributed by atoms with van der Waals surface area (Å²) >= 11 is 3.43. The summed E-state index contributed by atoms with van der Waals surface area (Å²) in [5.74, 6) is 1.33. The van der Waals surface area contributed by atoms with Crippen molar-refractivity contribution in [3.05, 3.63) is 48.2 Å². The minimum Gasteiger partial charge on any atom is -0.475 e. The molecule has 1 heterocycles. The molecule has 0 aliphatic carbocycles. The molecule has 0 aliphatic heterocycles. The summed E-state index contributed by atoms with van der Waals surface area (Å²) in [5.41, 5.74) is 1.98. The average Bonchev–Trinajstić information content (AvgIpc) is 2.90. The van der Waals surface area contributed by atoms with E-state index in [1.807, 2.05) is 19.1 Å². The first kappa shape index (κ1) is 13.2. The number of benzene rings is 2. The average molecular weight is 332 g/mol. The van der Waals surface area contributed by atoms with Crippen molar-refractivity contribution in [2.24, 2.45) is 0 Å². The van der Waals surface area contributed by atoms with E-state index in [-0.39, 0.29) is 0 Å². The third kappa shape index (κ3) is 2.31. The number of hydrogen-bond acceptors (Lipinski definition) is 3. The maximum atomic E-state index is 5.56. The van der Waals surface area contributed by atoms with Gasteiger partial charge in [-0.05, 0) is 34.5 Å². The summed E-state index contributed by atoms with van der Waals surface area (Å²) in [4.78, 5) is 0. The van der Waals surface area contributed by atoms with Gasteiger partial charge in [0.15, 0.2) is 5.76 Å². The fourth-order valence-corrected chi connectivity index (χ4v) is 2.65. The van der Waals surface area contributed by atoms with Gasteiger partial charge in [0.25, 0.3) is 5.88 Å². The van der Waals surface area contributed by atoms with E-state index in [9.17, 15) is 0 Å². The van der Waals surface area contributed by atoms with Gasteiger partial charge in [0, 0.05) is 0 Å². The maximum absolute atomic E-state index is 5.56. The largest absolute Gasteiger partial charge is 0.475 e. The van der Waals surface area contributed by atoms with Crippen LogP contribution >= 0.6 is 15.9 Å². The van der Waals surface area contributed by atoms with Crippen LogP contribution in [0.15, 0.2) is 47.0 Å². The standard InChI is InChI=1S/C16H14BrNO2/c1-2-19-16-15(14(10-17)20-18-16)13-8-7-11-5-3-4-6-12(11)9-13/h3-9H,2,10H2,1H3. The van der Waals surface area contributed by atoms with Gasteiger partial charge < -0.3 is 9.26 Å². The quantitative estimate of drug-likeness (QED) is 0.645. The van der Waals surface area contributed by atoms with Crippen LogP contribution in [0.2, 0.25) is 0 Å². The monoisotopic (exact) mass is 331 g/mol. The summed E-state index contributed by atoms with van der Waals surface area (Å²) in [5, 5.41) is 7.02. The van der Waals surface area contributed by atoms with E-state index >= 15 is 0 Å². The number of aromatic nitrogens is 1. The number of halogens is 1. The Morgan fingerprint density at radius 2 is 1.95 bits per heavy atom. The van der Waals surface area contributed by atoms with Crippen LogP contribution in [0.1, 0.15) is 12.7 Å². The molecule has 1 aromatic heterocycles. The van der Waals surface area contributed by atoms with Gasteiger partial charge in [-0.2, -0.15) is 0 Å². The molecule has 0 bridgehead atoms. The minimum atomic E-state index is 0.553. The van der Waals surface area contributed by atoms with E-state index in [0.29, 0.717) is 17.8 Å². The van der Waals surface area contributed by atoms with Crippen molar-refractivity contribution in [2.45, 2.75) is 12.3 Å². The van der Waals surface area contributed by atoms with Crippen LogP contribution in [0.4, 0.5) is 0 Å². The molecule has 0 radical (unpaired) electrons. The zero-order valence-electron chi connectivity index (χ0n) is 11.1. The second kappa shape index (κ2) is 5.67. The van der Waals surface area contributed by atoms with Crippen molar-refractivity contribution < 1.29 is 9.26 Å². The molecule has 0 spiro atoms. The Hall–Kier alpha value is -1.81. The molecule has 20 heavy (non-hydrogen) atoms. The molecule has 0 fully saturated rings. The van der Waals surface area contributed by atoms with E-state index in [2.05, 4.69) is 51.4 Å². The first-order chi connectivity index (χ1) is 9.83. The normalized spacial score (nSPS) is 10.9.